The summed E-state index contributed by atoms with van der Waals surface area (Å²) < 4.78 is 14.1. The Morgan fingerprint density at radius 2 is 2.14 bits per heavy atom. The van der Waals surface area contributed by atoms with E-state index in [2.05, 4.69) is 31.0 Å². The first kappa shape index (κ1) is 16.4. The Morgan fingerprint density at radius 3 is 2.86 bits per heavy atom. The van der Waals surface area contributed by atoms with E-state index in [1.54, 1.807) is 6.07 Å². The van der Waals surface area contributed by atoms with E-state index in [1.807, 2.05) is 12.1 Å². The molecule has 21 heavy (non-hydrogen) atoms. The molecule has 0 saturated carbocycles. The molecular formula is C18H29FN2. The van der Waals surface area contributed by atoms with Gasteiger partial charge in [0.25, 0.3) is 0 Å². The molecule has 1 aromatic rings. The van der Waals surface area contributed by atoms with Gasteiger partial charge in [-0.25, -0.2) is 4.39 Å². The highest BCUT2D eigenvalue weighted by Crippen LogP contribution is 2.29. The van der Waals surface area contributed by atoms with Crippen molar-refractivity contribution in [1.82, 2.24) is 10.2 Å². The van der Waals surface area contributed by atoms with Gasteiger partial charge in [0.1, 0.15) is 5.82 Å². The minimum Gasteiger partial charge on any atom is -0.313 e. The van der Waals surface area contributed by atoms with Crippen LogP contribution in [0, 0.1) is 11.2 Å². The standard InChI is InChI=1S/C18H29FN2/c1-4-9-20-12-15-6-7-17(19)16(11-15)13-21-10-5-8-18(2,3)14-21/h6-7,11,20H,4-5,8-10,12-14H2,1-3H3. The zero-order valence-corrected chi connectivity index (χ0v) is 13.7. The second-order valence-electron chi connectivity index (χ2n) is 7.08. The van der Waals surface area contributed by atoms with Crippen molar-refractivity contribution in [2.24, 2.45) is 5.41 Å². The summed E-state index contributed by atoms with van der Waals surface area (Å²) in [4.78, 5) is 2.39. The zero-order chi connectivity index (χ0) is 15.3. The quantitative estimate of drug-likeness (QED) is 0.799. The molecule has 1 saturated heterocycles. The Balaban J connectivity index is 1.99. The van der Waals surface area contributed by atoms with Gasteiger partial charge in [-0.15, -0.1) is 0 Å². The molecule has 0 radical (unpaired) electrons. The third-order valence-electron chi connectivity index (χ3n) is 4.24. The molecule has 0 amide bonds. The maximum absolute atomic E-state index is 14.1. The molecule has 0 bridgehead atoms. The molecular weight excluding hydrogens is 263 g/mol. The van der Waals surface area contributed by atoms with Crippen molar-refractivity contribution in [1.29, 1.82) is 0 Å². The van der Waals surface area contributed by atoms with E-state index in [1.165, 1.54) is 18.4 Å². The van der Waals surface area contributed by atoms with Crippen LogP contribution in [-0.4, -0.2) is 24.5 Å². The first-order chi connectivity index (χ1) is 10.00. The fourth-order valence-electron chi connectivity index (χ4n) is 3.19. The Morgan fingerprint density at radius 1 is 1.33 bits per heavy atom. The van der Waals surface area contributed by atoms with Gasteiger partial charge < -0.3 is 5.32 Å². The van der Waals surface area contributed by atoms with Crippen LogP contribution in [0.2, 0.25) is 0 Å². The smallest absolute Gasteiger partial charge is 0.127 e. The summed E-state index contributed by atoms with van der Waals surface area (Å²) in [6.45, 7) is 11.5. The van der Waals surface area contributed by atoms with Gasteiger partial charge in [-0.05, 0) is 49.4 Å². The van der Waals surface area contributed by atoms with Crippen LogP contribution in [0.15, 0.2) is 18.2 Å². The number of halogens is 1. The van der Waals surface area contributed by atoms with Crippen LogP contribution in [0.4, 0.5) is 4.39 Å². The lowest BCUT2D eigenvalue weighted by Gasteiger charge is -2.38. The number of benzene rings is 1. The van der Waals surface area contributed by atoms with Gasteiger partial charge in [0.2, 0.25) is 0 Å². The fraction of sp³-hybridized carbons (Fsp3) is 0.667. The van der Waals surface area contributed by atoms with Crippen molar-refractivity contribution in [2.75, 3.05) is 19.6 Å². The molecule has 0 aromatic heterocycles. The molecule has 0 aliphatic carbocycles. The van der Waals surface area contributed by atoms with Crippen LogP contribution < -0.4 is 5.32 Å². The molecule has 1 aliphatic rings. The highest BCUT2D eigenvalue weighted by molar-refractivity contribution is 5.25. The predicted molar refractivity (Wildman–Crippen MR) is 86.7 cm³/mol. The average molecular weight is 292 g/mol. The van der Waals surface area contributed by atoms with E-state index in [-0.39, 0.29) is 5.82 Å². The Hall–Kier alpha value is -0.930. The van der Waals surface area contributed by atoms with Crippen LogP contribution in [0.1, 0.15) is 51.2 Å². The molecule has 0 unspecified atom stereocenters. The second kappa shape index (κ2) is 7.37. The van der Waals surface area contributed by atoms with Crippen LogP contribution in [0.25, 0.3) is 0 Å². The monoisotopic (exact) mass is 292 g/mol. The topological polar surface area (TPSA) is 15.3 Å². The first-order valence-electron chi connectivity index (χ1n) is 8.20. The fourth-order valence-corrected chi connectivity index (χ4v) is 3.19. The Labute approximate surface area is 128 Å². The van der Waals surface area contributed by atoms with Crippen molar-refractivity contribution in [2.45, 2.75) is 53.1 Å². The average Bonchev–Trinajstić information content (AvgIpc) is 2.41. The zero-order valence-electron chi connectivity index (χ0n) is 13.7. The molecule has 3 heteroatoms. The van der Waals surface area contributed by atoms with Gasteiger partial charge in [-0.2, -0.15) is 0 Å². The van der Waals surface area contributed by atoms with E-state index >= 15 is 0 Å². The van der Waals surface area contributed by atoms with E-state index in [9.17, 15) is 4.39 Å². The molecule has 0 atom stereocenters. The maximum atomic E-state index is 14.1. The van der Waals surface area contributed by atoms with Gasteiger partial charge >= 0.3 is 0 Å². The lowest BCUT2D eigenvalue weighted by Crippen LogP contribution is -2.39. The predicted octanol–water partition coefficient (Wildman–Crippen LogP) is 3.95. The molecule has 1 aliphatic heterocycles. The van der Waals surface area contributed by atoms with E-state index in [4.69, 9.17) is 0 Å². The van der Waals surface area contributed by atoms with Crippen LogP contribution in [0.3, 0.4) is 0 Å². The second-order valence-corrected chi connectivity index (χ2v) is 7.08. The van der Waals surface area contributed by atoms with E-state index < -0.39 is 0 Å². The summed E-state index contributed by atoms with van der Waals surface area (Å²) in [5, 5.41) is 3.38. The summed E-state index contributed by atoms with van der Waals surface area (Å²) in [5.74, 6) is -0.0716. The van der Waals surface area contributed by atoms with Gasteiger partial charge in [-0.1, -0.05) is 32.9 Å². The lowest BCUT2D eigenvalue weighted by atomic mass is 9.84. The number of rotatable bonds is 6. The molecule has 1 aromatic carbocycles. The van der Waals surface area contributed by atoms with Gasteiger partial charge in [0.15, 0.2) is 0 Å². The van der Waals surface area contributed by atoms with Crippen LogP contribution >= 0.6 is 0 Å². The number of likely N-dealkylation sites (tertiary alicyclic amines) is 1. The number of hydrogen-bond donors (Lipinski definition) is 1. The molecule has 0 spiro atoms. The number of piperidine rings is 1. The highest BCUT2D eigenvalue weighted by atomic mass is 19.1. The number of hydrogen-bond acceptors (Lipinski definition) is 2. The van der Waals surface area contributed by atoms with Crippen LogP contribution in [0.5, 0.6) is 0 Å². The lowest BCUT2D eigenvalue weighted by molar-refractivity contribution is 0.110. The Kier molecular flexibility index (Phi) is 5.77. The summed E-state index contributed by atoms with van der Waals surface area (Å²) >= 11 is 0. The third kappa shape index (κ3) is 5.08. The molecule has 2 rings (SSSR count). The minimum absolute atomic E-state index is 0.0716. The summed E-state index contributed by atoms with van der Waals surface area (Å²) in [7, 11) is 0. The molecule has 1 heterocycles. The van der Waals surface area contributed by atoms with Crippen LogP contribution in [-0.2, 0) is 13.1 Å². The Bertz CT molecular complexity index is 457. The normalized spacial score (nSPS) is 18.9. The van der Waals surface area contributed by atoms with Gasteiger partial charge in [0, 0.05) is 25.2 Å². The van der Waals surface area contributed by atoms with Gasteiger partial charge in [0.05, 0.1) is 0 Å². The number of nitrogens with zero attached hydrogens (tertiary/aromatic N) is 1. The van der Waals surface area contributed by atoms with E-state index in [0.717, 1.165) is 44.7 Å². The molecule has 118 valence electrons. The maximum Gasteiger partial charge on any atom is 0.127 e. The first-order valence-corrected chi connectivity index (χ1v) is 8.20. The van der Waals surface area contributed by atoms with Crippen molar-refractivity contribution < 1.29 is 4.39 Å². The highest BCUT2D eigenvalue weighted by Gasteiger charge is 2.26. The minimum atomic E-state index is -0.0716. The third-order valence-corrected chi connectivity index (χ3v) is 4.24. The largest absolute Gasteiger partial charge is 0.313 e. The van der Waals surface area contributed by atoms with Crippen molar-refractivity contribution in [3.63, 3.8) is 0 Å². The summed E-state index contributed by atoms with van der Waals surface area (Å²) in [5.41, 5.74) is 2.37. The molecule has 1 fully saturated rings. The molecule has 2 nitrogen and oxygen atoms in total. The summed E-state index contributed by atoms with van der Waals surface area (Å²) in [6, 6.07) is 5.54. The molecule has 1 N–H and O–H groups in total. The van der Waals surface area contributed by atoms with Crippen molar-refractivity contribution in [3.05, 3.63) is 35.1 Å². The van der Waals surface area contributed by atoms with Gasteiger partial charge in [-0.3, -0.25) is 4.90 Å². The van der Waals surface area contributed by atoms with E-state index in [0.29, 0.717) is 5.41 Å². The van der Waals surface area contributed by atoms with Crippen molar-refractivity contribution >= 4 is 0 Å². The number of nitrogens with one attached hydrogen (secondary N) is 1. The summed E-state index contributed by atoms with van der Waals surface area (Å²) in [6.07, 6.45) is 3.61. The van der Waals surface area contributed by atoms with Crippen molar-refractivity contribution in [3.8, 4) is 0 Å². The SMILES string of the molecule is CCCNCc1ccc(F)c(CN2CCCC(C)(C)C2)c1.